The largest absolute Gasteiger partial charge is 0.455 e. The molecule has 1 aliphatic carbocycles. The fraction of sp³-hybridized carbons (Fsp3) is 0.0159. The number of nitrogens with zero attached hydrogens (tertiary/aromatic N) is 4. The molecule has 0 amide bonds. The first-order chi connectivity index (χ1) is 34.1. The molecule has 0 aliphatic heterocycles. The van der Waals surface area contributed by atoms with Crippen molar-refractivity contribution in [2.75, 3.05) is 9.80 Å². The highest BCUT2D eigenvalue weighted by atomic mass is 16.3. The molecule has 13 rings (SSSR count). The molecule has 0 fully saturated rings. The standard InChI is InChI=1S/C63H38N4O2/c1-64-43-25-19-31-47(37-43)66(45-27-11-5-12-28-45)53-39-52-60(62-57(53)49-33-15-17-35-55(49)69-62)59-51(63(52,41-21-7-3-8-22-41)42-23-9-4-10-24-42)40-54(61-58(59)50-34-16-18-36-56(50)68-61)67(46-29-13-6-14-30-46)48-32-20-26-44(38-48)65-2/h3-40H. The minimum absolute atomic E-state index is 0.537. The van der Waals surface area contributed by atoms with Crippen LogP contribution in [0.4, 0.5) is 45.5 Å². The van der Waals surface area contributed by atoms with E-state index >= 15 is 0 Å². The first-order valence-electron chi connectivity index (χ1n) is 22.9. The number of benzene rings is 10. The van der Waals surface area contributed by atoms with Crippen LogP contribution in [0.1, 0.15) is 22.3 Å². The molecule has 2 heterocycles. The number of fused-ring (bicyclic) bond motifs is 11. The van der Waals surface area contributed by atoms with E-state index in [4.69, 9.17) is 22.0 Å². The second-order valence-corrected chi connectivity index (χ2v) is 17.3. The Labute approximate surface area is 398 Å². The van der Waals surface area contributed by atoms with Crippen LogP contribution >= 0.6 is 0 Å². The number of para-hydroxylation sites is 4. The monoisotopic (exact) mass is 882 g/mol. The smallest absolute Gasteiger partial charge is 0.189 e. The van der Waals surface area contributed by atoms with Crippen LogP contribution in [0.25, 0.3) is 64.7 Å². The molecule has 0 bridgehead atoms. The van der Waals surface area contributed by atoms with E-state index in [0.29, 0.717) is 17.0 Å². The van der Waals surface area contributed by atoms with Gasteiger partial charge in [-0.15, -0.1) is 0 Å². The maximum absolute atomic E-state index is 8.08. The molecule has 0 N–H and O–H groups in total. The Balaban J connectivity index is 1.27. The lowest BCUT2D eigenvalue weighted by atomic mass is 9.67. The van der Waals surface area contributed by atoms with Crippen LogP contribution in [0.3, 0.4) is 0 Å². The van der Waals surface area contributed by atoms with Crippen LogP contribution in [-0.4, -0.2) is 0 Å². The SMILES string of the molecule is [C-]#[N+]c1cccc(N(c2ccccc2)c2cc3c(c4c2oc2ccccc24)-c2c(cc(N(c4ccccc4)c4cccc([N+]#[C-])c4)c4c2oc2ccccc24)C3(c2ccccc2)c2ccccc2)c1. The summed E-state index contributed by atoms with van der Waals surface area (Å²) in [5, 5.41) is 3.88. The third-order valence-electron chi connectivity index (χ3n) is 13.7. The van der Waals surface area contributed by atoms with E-state index in [-0.39, 0.29) is 0 Å². The lowest BCUT2D eigenvalue weighted by Crippen LogP contribution is -2.29. The molecule has 6 heteroatoms. The van der Waals surface area contributed by atoms with Crippen molar-refractivity contribution in [2.45, 2.75) is 5.41 Å². The highest BCUT2D eigenvalue weighted by Crippen LogP contribution is 2.64. The Morgan fingerprint density at radius 2 is 0.783 bits per heavy atom. The van der Waals surface area contributed by atoms with Gasteiger partial charge in [0.25, 0.3) is 0 Å². The zero-order valence-electron chi connectivity index (χ0n) is 37.0. The second kappa shape index (κ2) is 15.8. The third kappa shape index (κ3) is 5.97. The lowest BCUT2D eigenvalue weighted by molar-refractivity contribution is 0.668. The van der Waals surface area contributed by atoms with Crippen molar-refractivity contribution in [1.82, 2.24) is 0 Å². The molecule has 69 heavy (non-hydrogen) atoms. The summed E-state index contributed by atoms with van der Waals surface area (Å²) in [5.74, 6) is 0. The quantitative estimate of drug-likeness (QED) is 0.143. The zero-order chi connectivity index (χ0) is 46.1. The summed E-state index contributed by atoms with van der Waals surface area (Å²) < 4.78 is 14.5. The Hall–Kier alpha value is -9.62. The van der Waals surface area contributed by atoms with Crippen molar-refractivity contribution in [3.63, 3.8) is 0 Å². The van der Waals surface area contributed by atoms with Crippen LogP contribution in [0.2, 0.25) is 0 Å². The highest BCUT2D eigenvalue weighted by molar-refractivity contribution is 6.26. The second-order valence-electron chi connectivity index (χ2n) is 17.3. The van der Waals surface area contributed by atoms with Crippen molar-refractivity contribution in [1.29, 1.82) is 0 Å². The molecule has 10 aromatic carbocycles. The van der Waals surface area contributed by atoms with Gasteiger partial charge in [0.2, 0.25) is 0 Å². The van der Waals surface area contributed by atoms with E-state index in [0.717, 1.165) is 106 Å². The normalized spacial score (nSPS) is 12.4. The van der Waals surface area contributed by atoms with Crippen molar-refractivity contribution in [3.05, 3.63) is 276 Å². The van der Waals surface area contributed by atoms with Gasteiger partial charge in [-0.05, 0) is 95.1 Å². The van der Waals surface area contributed by atoms with E-state index in [1.165, 1.54) is 0 Å². The van der Waals surface area contributed by atoms with Crippen LogP contribution in [0.15, 0.2) is 239 Å². The zero-order valence-corrected chi connectivity index (χ0v) is 37.0. The molecule has 0 radical (unpaired) electrons. The third-order valence-corrected chi connectivity index (χ3v) is 13.7. The first kappa shape index (κ1) is 39.7. The van der Waals surface area contributed by atoms with Crippen molar-refractivity contribution < 1.29 is 8.83 Å². The van der Waals surface area contributed by atoms with E-state index in [1.54, 1.807) is 0 Å². The number of anilines is 6. The molecule has 0 unspecified atom stereocenters. The molecule has 12 aromatic rings. The number of hydrogen-bond acceptors (Lipinski definition) is 4. The van der Waals surface area contributed by atoms with Crippen LogP contribution in [0.5, 0.6) is 0 Å². The van der Waals surface area contributed by atoms with Gasteiger partial charge in [0.05, 0.1) is 35.3 Å². The molecule has 0 saturated carbocycles. The first-order valence-corrected chi connectivity index (χ1v) is 22.9. The van der Waals surface area contributed by atoms with Gasteiger partial charge < -0.3 is 18.6 Å². The van der Waals surface area contributed by atoms with Crippen LogP contribution in [0, 0.1) is 13.1 Å². The van der Waals surface area contributed by atoms with Gasteiger partial charge in [-0.2, -0.15) is 0 Å². The summed E-state index contributed by atoms with van der Waals surface area (Å²) in [5.41, 5.74) is 14.7. The van der Waals surface area contributed by atoms with E-state index in [9.17, 15) is 0 Å². The van der Waals surface area contributed by atoms with E-state index in [1.807, 2.05) is 78.9 Å². The Kier molecular flexibility index (Phi) is 9.08. The van der Waals surface area contributed by atoms with Gasteiger partial charge in [-0.3, -0.25) is 0 Å². The average Bonchev–Trinajstić information content (AvgIpc) is 4.09. The van der Waals surface area contributed by atoms with Gasteiger partial charge in [-0.25, -0.2) is 9.69 Å². The number of furan rings is 2. The molecule has 0 atom stereocenters. The Bertz CT molecular complexity index is 4010. The highest BCUT2D eigenvalue weighted by Gasteiger charge is 2.50. The summed E-state index contributed by atoms with van der Waals surface area (Å²) in [7, 11) is 0. The molecule has 2 aromatic heterocycles. The number of hydrogen-bond donors (Lipinski definition) is 0. The van der Waals surface area contributed by atoms with Crippen molar-refractivity contribution in [2.24, 2.45) is 0 Å². The predicted octanol–water partition coefficient (Wildman–Crippen LogP) is 17.9. The average molecular weight is 883 g/mol. The maximum atomic E-state index is 8.08. The fourth-order valence-electron chi connectivity index (χ4n) is 10.9. The predicted molar refractivity (Wildman–Crippen MR) is 280 cm³/mol. The number of rotatable bonds is 8. The van der Waals surface area contributed by atoms with Crippen LogP contribution in [-0.2, 0) is 5.41 Å². The topological polar surface area (TPSA) is 41.5 Å². The molecule has 0 saturated heterocycles. The van der Waals surface area contributed by atoms with Gasteiger partial charge in [0.15, 0.2) is 17.0 Å². The summed E-state index contributed by atoms with van der Waals surface area (Å²) in [4.78, 5) is 12.3. The molecule has 6 nitrogen and oxygen atoms in total. The minimum Gasteiger partial charge on any atom is -0.455 e. The van der Waals surface area contributed by atoms with E-state index < -0.39 is 5.41 Å². The van der Waals surface area contributed by atoms with E-state index in [2.05, 4.69) is 171 Å². The molecule has 0 spiro atoms. The Morgan fingerprint density at radius 1 is 0.362 bits per heavy atom. The lowest BCUT2D eigenvalue weighted by Gasteiger charge is -2.36. The molecular formula is C63H38N4O2. The molecule has 322 valence electrons. The fourth-order valence-corrected chi connectivity index (χ4v) is 10.9. The molecular weight excluding hydrogens is 845 g/mol. The summed E-state index contributed by atoms with van der Waals surface area (Å²) >= 11 is 0. The van der Waals surface area contributed by atoms with Gasteiger partial charge >= 0.3 is 0 Å². The van der Waals surface area contributed by atoms with Crippen molar-refractivity contribution in [3.8, 4) is 11.1 Å². The summed E-state index contributed by atoms with van der Waals surface area (Å²) in [6, 6.07) is 79.3. The summed E-state index contributed by atoms with van der Waals surface area (Å²) in [6.07, 6.45) is 0. The van der Waals surface area contributed by atoms with Crippen LogP contribution < -0.4 is 9.80 Å². The summed E-state index contributed by atoms with van der Waals surface area (Å²) in [6.45, 7) is 16.1. The maximum Gasteiger partial charge on any atom is 0.189 e. The Morgan fingerprint density at radius 3 is 1.32 bits per heavy atom. The molecule has 1 aliphatic rings. The van der Waals surface area contributed by atoms with Gasteiger partial charge in [-0.1, -0.05) is 158 Å². The van der Waals surface area contributed by atoms with Gasteiger partial charge in [0, 0.05) is 50.0 Å². The minimum atomic E-state index is -0.933. The van der Waals surface area contributed by atoms with Crippen molar-refractivity contribution >= 4 is 89.4 Å². The van der Waals surface area contributed by atoms with Gasteiger partial charge in [0.1, 0.15) is 16.7 Å².